The van der Waals surface area contributed by atoms with Crippen LogP contribution >= 0.6 is 0 Å². The second kappa shape index (κ2) is 5.93. The largest absolute Gasteiger partial charge is 0.496 e. The zero-order valence-corrected chi connectivity index (χ0v) is 12.5. The number of nitrogens with two attached hydrogens (primary N) is 1. The lowest BCUT2D eigenvalue weighted by Gasteiger charge is -2.31. The number of hydrogen-bond donors (Lipinski definition) is 2. The first kappa shape index (κ1) is 14.4. The van der Waals surface area contributed by atoms with Crippen molar-refractivity contribution in [2.45, 2.75) is 52.1 Å². The molecular weight excluding hydrogens is 236 g/mol. The highest BCUT2D eigenvalue weighted by atomic mass is 16.5. The van der Waals surface area contributed by atoms with Crippen LogP contribution in [0.2, 0.25) is 0 Å². The van der Waals surface area contributed by atoms with Crippen molar-refractivity contribution >= 4 is 0 Å². The van der Waals surface area contributed by atoms with Gasteiger partial charge in [0, 0.05) is 12.1 Å². The third kappa shape index (κ3) is 2.77. The van der Waals surface area contributed by atoms with Crippen LogP contribution in [0.3, 0.4) is 0 Å². The lowest BCUT2D eigenvalue weighted by Crippen LogP contribution is -2.42. The summed E-state index contributed by atoms with van der Waals surface area (Å²) < 4.78 is 5.43. The molecule has 1 saturated heterocycles. The molecule has 1 heterocycles. The Morgan fingerprint density at radius 1 is 1.26 bits per heavy atom. The second-order valence-electron chi connectivity index (χ2n) is 5.64. The molecule has 1 aromatic carbocycles. The Kier molecular flexibility index (Phi) is 4.48. The Bertz CT molecular complexity index is 451. The van der Waals surface area contributed by atoms with Crippen LogP contribution in [0.4, 0.5) is 0 Å². The molecule has 19 heavy (non-hydrogen) atoms. The average Bonchev–Trinajstić information content (AvgIpc) is 2.43. The van der Waals surface area contributed by atoms with Crippen LogP contribution in [0, 0.1) is 20.8 Å². The van der Waals surface area contributed by atoms with Gasteiger partial charge in [-0.1, -0.05) is 6.42 Å². The molecule has 2 atom stereocenters. The molecule has 3 heteroatoms. The predicted molar refractivity (Wildman–Crippen MR) is 79.8 cm³/mol. The van der Waals surface area contributed by atoms with Crippen LogP contribution in [0.1, 0.15) is 47.6 Å². The number of nitrogens with one attached hydrogen (secondary N) is 1. The summed E-state index contributed by atoms with van der Waals surface area (Å²) in [5.74, 6) is 0.961. The van der Waals surface area contributed by atoms with Gasteiger partial charge in [0.05, 0.1) is 7.11 Å². The highest BCUT2D eigenvalue weighted by Gasteiger charge is 2.25. The van der Waals surface area contributed by atoms with Crippen LogP contribution in [0.25, 0.3) is 0 Å². The molecule has 0 spiro atoms. The van der Waals surface area contributed by atoms with Gasteiger partial charge in [0.25, 0.3) is 0 Å². The van der Waals surface area contributed by atoms with Crippen LogP contribution in [0.15, 0.2) is 6.07 Å². The van der Waals surface area contributed by atoms with E-state index in [1.807, 2.05) is 0 Å². The Morgan fingerprint density at radius 3 is 2.58 bits per heavy atom. The van der Waals surface area contributed by atoms with Crippen molar-refractivity contribution in [2.75, 3.05) is 13.7 Å². The van der Waals surface area contributed by atoms with Crippen molar-refractivity contribution in [3.8, 4) is 5.75 Å². The molecular formula is C16H26N2O. The number of methoxy groups -OCH3 is 1. The fraction of sp³-hybridized carbons (Fsp3) is 0.625. The summed E-state index contributed by atoms with van der Waals surface area (Å²) >= 11 is 0. The van der Waals surface area contributed by atoms with E-state index >= 15 is 0 Å². The third-order valence-corrected chi connectivity index (χ3v) is 4.44. The minimum atomic E-state index is 0.0740. The second-order valence-corrected chi connectivity index (χ2v) is 5.64. The van der Waals surface area contributed by atoms with E-state index in [1.54, 1.807) is 7.11 Å². The summed E-state index contributed by atoms with van der Waals surface area (Å²) in [5, 5.41) is 3.56. The number of benzene rings is 1. The molecule has 1 aromatic rings. The molecule has 1 fully saturated rings. The van der Waals surface area contributed by atoms with Gasteiger partial charge in [-0.15, -0.1) is 0 Å². The zero-order chi connectivity index (χ0) is 14.0. The van der Waals surface area contributed by atoms with Gasteiger partial charge in [0.1, 0.15) is 5.75 Å². The van der Waals surface area contributed by atoms with Gasteiger partial charge >= 0.3 is 0 Å². The lowest BCUT2D eigenvalue weighted by atomic mass is 9.86. The molecule has 0 aromatic heterocycles. The Balaban J connectivity index is 2.35. The van der Waals surface area contributed by atoms with Crippen molar-refractivity contribution in [3.05, 3.63) is 28.3 Å². The van der Waals surface area contributed by atoms with Crippen molar-refractivity contribution < 1.29 is 4.74 Å². The molecule has 1 aliphatic rings. The first-order valence-corrected chi connectivity index (χ1v) is 7.20. The minimum Gasteiger partial charge on any atom is -0.496 e. The topological polar surface area (TPSA) is 47.3 Å². The fourth-order valence-corrected chi connectivity index (χ4v) is 3.18. The Morgan fingerprint density at radius 2 is 2.00 bits per heavy atom. The molecule has 0 aliphatic carbocycles. The van der Waals surface area contributed by atoms with Gasteiger partial charge in [-0.3, -0.25) is 0 Å². The zero-order valence-electron chi connectivity index (χ0n) is 12.5. The third-order valence-electron chi connectivity index (χ3n) is 4.44. The van der Waals surface area contributed by atoms with Crippen LogP contribution in [-0.2, 0) is 0 Å². The fourth-order valence-electron chi connectivity index (χ4n) is 3.18. The first-order valence-electron chi connectivity index (χ1n) is 7.20. The molecule has 0 saturated carbocycles. The van der Waals surface area contributed by atoms with Gasteiger partial charge in [0.15, 0.2) is 0 Å². The molecule has 0 amide bonds. The number of hydrogen-bond acceptors (Lipinski definition) is 3. The maximum Gasteiger partial charge on any atom is 0.122 e. The van der Waals surface area contributed by atoms with E-state index < -0.39 is 0 Å². The Labute approximate surface area is 116 Å². The number of aryl methyl sites for hydroxylation is 1. The van der Waals surface area contributed by atoms with Gasteiger partial charge in [-0.25, -0.2) is 0 Å². The molecule has 106 valence electrons. The van der Waals surface area contributed by atoms with Crippen molar-refractivity contribution in [3.63, 3.8) is 0 Å². The minimum absolute atomic E-state index is 0.0740. The molecule has 2 rings (SSSR count). The highest BCUT2D eigenvalue weighted by molar-refractivity contribution is 5.49. The summed E-state index contributed by atoms with van der Waals surface area (Å²) in [6.45, 7) is 7.49. The molecule has 2 unspecified atom stereocenters. The number of ether oxygens (including phenoxy) is 1. The quantitative estimate of drug-likeness (QED) is 0.880. The first-order chi connectivity index (χ1) is 9.06. The van der Waals surface area contributed by atoms with E-state index in [-0.39, 0.29) is 6.04 Å². The average molecular weight is 262 g/mol. The molecule has 3 N–H and O–H groups in total. The standard InChI is InChI=1S/C16H26N2O/c1-10-9-14(19-4)11(2)12(3)15(10)16(17)13-7-5-6-8-18-13/h9,13,16,18H,5-8,17H2,1-4H3. The van der Waals surface area contributed by atoms with Gasteiger partial charge in [0.2, 0.25) is 0 Å². The summed E-state index contributed by atoms with van der Waals surface area (Å²) in [6.07, 6.45) is 3.71. The molecule has 0 bridgehead atoms. The van der Waals surface area contributed by atoms with Gasteiger partial charge < -0.3 is 15.8 Å². The summed E-state index contributed by atoms with van der Waals surface area (Å²) in [6, 6.07) is 2.59. The van der Waals surface area contributed by atoms with Crippen molar-refractivity contribution in [1.29, 1.82) is 0 Å². The predicted octanol–water partition coefficient (Wildman–Crippen LogP) is 2.76. The maximum absolute atomic E-state index is 6.53. The smallest absolute Gasteiger partial charge is 0.122 e. The molecule has 3 nitrogen and oxygen atoms in total. The summed E-state index contributed by atoms with van der Waals surface area (Å²) in [7, 11) is 1.73. The van der Waals surface area contributed by atoms with Crippen LogP contribution in [0.5, 0.6) is 5.75 Å². The van der Waals surface area contributed by atoms with E-state index in [9.17, 15) is 0 Å². The summed E-state index contributed by atoms with van der Waals surface area (Å²) in [4.78, 5) is 0. The monoisotopic (exact) mass is 262 g/mol. The van der Waals surface area contributed by atoms with Gasteiger partial charge in [-0.05, 0) is 68.5 Å². The Hall–Kier alpha value is -1.06. The molecule has 0 radical (unpaired) electrons. The summed E-state index contributed by atoms with van der Waals surface area (Å²) in [5.41, 5.74) is 11.5. The van der Waals surface area contributed by atoms with E-state index in [4.69, 9.17) is 10.5 Å². The van der Waals surface area contributed by atoms with E-state index in [0.717, 1.165) is 12.3 Å². The highest BCUT2D eigenvalue weighted by Crippen LogP contribution is 2.33. The van der Waals surface area contributed by atoms with Gasteiger partial charge in [-0.2, -0.15) is 0 Å². The van der Waals surface area contributed by atoms with Crippen LogP contribution in [-0.4, -0.2) is 19.7 Å². The number of rotatable bonds is 3. The number of piperidine rings is 1. The lowest BCUT2D eigenvalue weighted by molar-refractivity contribution is 0.352. The SMILES string of the molecule is COc1cc(C)c(C(N)C2CCCCN2)c(C)c1C. The normalized spacial score (nSPS) is 21.2. The van der Waals surface area contributed by atoms with Crippen molar-refractivity contribution in [2.24, 2.45) is 5.73 Å². The van der Waals surface area contributed by atoms with Crippen molar-refractivity contribution in [1.82, 2.24) is 5.32 Å². The maximum atomic E-state index is 6.53. The van der Waals surface area contributed by atoms with Crippen LogP contribution < -0.4 is 15.8 Å². The molecule has 1 aliphatic heterocycles. The van der Waals surface area contributed by atoms with E-state index in [0.29, 0.717) is 6.04 Å². The van der Waals surface area contributed by atoms with E-state index in [1.165, 1.54) is 41.5 Å². The van der Waals surface area contributed by atoms with E-state index in [2.05, 4.69) is 32.2 Å².